The number of benzene rings is 2. The summed E-state index contributed by atoms with van der Waals surface area (Å²) in [5.74, 6) is 0.0908. The standard InChI is InChI=1S/C19H22N4O2S/c1-15(2)19(14-23-20-11-12-21-23)22-26(24,25)18-10-6-9-17(13-18)16-7-4-3-5-8-16/h3-13,15,19,22H,14H2,1-2H3. The van der Waals surface area contributed by atoms with Crippen LogP contribution in [0.5, 0.6) is 0 Å². The topological polar surface area (TPSA) is 76.9 Å². The summed E-state index contributed by atoms with van der Waals surface area (Å²) in [6.45, 7) is 4.32. The third-order valence-corrected chi connectivity index (χ3v) is 5.68. The molecule has 1 unspecified atom stereocenters. The molecule has 0 aliphatic carbocycles. The van der Waals surface area contributed by atoms with Gasteiger partial charge in [-0.25, -0.2) is 13.1 Å². The second kappa shape index (κ2) is 7.80. The van der Waals surface area contributed by atoms with Crippen LogP contribution >= 0.6 is 0 Å². The van der Waals surface area contributed by atoms with E-state index in [0.717, 1.165) is 11.1 Å². The predicted molar refractivity (Wildman–Crippen MR) is 101 cm³/mol. The average Bonchev–Trinajstić information content (AvgIpc) is 3.15. The van der Waals surface area contributed by atoms with Crippen molar-refractivity contribution in [3.05, 3.63) is 67.0 Å². The highest BCUT2D eigenvalue weighted by Gasteiger charge is 2.23. The molecule has 3 rings (SSSR count). The lowest BCUT2D eigenvalue weighted by Gasteiger charge is -2.22. The fourth-order valence-corrected chi connectivity index (χ4v) is 4.06. The molecule has 0 saturated heterocycles. The zero-order valence-electron chi connectivity index (χ0n) is 14.8. The fraction of sp³-hybridized carbons (Fsp3) is 0.263. The lowest BCUT2D eigenvalue weighted by molar-refractivity contribution is 0.361. The molecule has 3 aromatic rings. The summed E-state index contributed by atoms with van der Waals surface area (Å²) in [6, 6.07) is 16.4. The van der Waals surface area contributed by atoms with Crippen LogP contribution in [-0.4, -0.2) is 29.5 Å². The minimum atomic E-state index is -3.66. The Balaban J connectivity index is 1.85. The van der Waals surface area contributed by atoms with E-state index in [4.69, 9.17) is 0 Å². The van der Waals surface area contributed by atoms with Crippen molar-refractivity contribution in [2.75, 3.05) is 0 Å². The number of rotatable bonds is 7. The van der Waals surface area contributed by atoms with Gasteiger partial charge in [0.15, 0.2) is 0 Å². The molecule has 0 spiro atoms. The number of hydrogen-bond donors (Lipinski definition) is 1. The SMILES string of the molecule is CC(C)C(Cn1nccn1)NS(=O)(=O)c1cccc(-c2ccccc2)c1. The molecule has 0 saturated carbocycles. The molecule has 0 radical (unpaired) electrons. The third-order valence-electron chi connectivity index (χ3n) is 4.19. The van der Waals surface area contributed by atoms with Crippen molar-refractivity contribution in [3.8, 4) is 11.1 Å². The van der Waals surface area contributed by atoms with Gasteiger partial charge in [-0.3, -0.25) is 0 Å². The first kappa shape index (κ1) is 18.3. The number of nitrogens with one attached hydrogen (secondary N) is 1. The van der Waals surface area contributed by atoms with Gasteiger partial charge in [-0.15, -0.1) is 0 Å². The van der Waals surface area contributed by atoms with Crippen LogP contribution in [0, 0.1) is 5.92 Å². The summed E-state index contributed by atoms with van der Waals surface area (Å²) in [4.78, 5) is 1.74. The first-order chi connectivity index (χ1) is 12.5. The third kappa shape index (κ3) is 4.36. The number of sulfonamides is 1. The van der Waals surface area contributed by atoms with Crippen LogP contribution in [0.1, 0.15) is 13.8 Å². The Morgan fingerprint density at radius 1 is 0.962 bits per heavy atom. The molecule has 0 fully saturated rings. The fourth-order valence-electron chi connectivity index (χ4n) is 2.64. The second-order valence-electron chi connectivity index (χ2n) is 6.45. The molecule has 1 atom stereocenters. The molecule has 1 heterocycles. The smallest absolute Gasteiger partial charge is 0.207 e. The molecule has 1 aromatic heterocycles. The van der Waals surface area contributed by atoms with Crippen molar-refractivity contribution in [2.45, 2.75) is 31.3 Å². The first-order valence-electron chi connectivity index (χ1n) is 8.47. The van der Waals surface area contributed by atoms with Crippen molar-refractivity contribution >= 4 is 10.0 Å². The van der Waals surface area contributed by atoms with Gasteiger partial charge in [0.2, 0.25) is 10.0 Å². The van der Waals surface area contributed by atoms with Gasteiger partial charge in [0.1, 0.15) is 0 Å². The molecule has 0 bridgehead atoms. The monoisotopic (exact) mass is 370 g/mol. The molecule has 136 valence electrons. The lowest BCUT2D eigenvalue weighted by atomic mass is 10.1. The maximum Gasteiger partial charge on any atom is 0.240 e. The Kier molecular flexibility index (Phi) is 5.49. The van der Waals surface area contributed by atoms with Gasteiger partial charge in [0, 0.05) is 6.04 Å². The quantitative estimate of drug-likeness (QED) is 0.694. The van der Waals surface area contributed by atoms with Crippen LogP contribution in [0.4, 0.5) is 0 Å². The van der Waals surface area contributed by atoms with Crippen LogP contribution in [-0.2, 0) is 16.6 Å². The maximum absolute atomic E-state index is 12.9. The Morgan fingerprint density at radius 2 is 1.62 bits per heavy atom. The average molecular weight is 370 g/mol. The first-order valence-corrected chi connectivity index (χ1v) is 9.96. The zero-order chi connectivity index (χ0) is 18.6. The summed E-state index contributed by atoms with van der Waals surface area (Å²) >= 11 is 0. The molecular formula is C19H22N4O2S. The predicted octanol–water partition coefficient (Wildman–Crippen LogP) is 2.95. The highest BCUT2D eigenvalue weighted by Crippen LogP contribution is 2.22. The minimum absolute atomic E-state index is 0.0908. The molecule has 2 aromatic carbocycles. The van der Waals surface area contributed by atoms with E-state index in [1.807, 2.05) is 50.2 Å². The molecule has 1 N–H and O–H groups in total. The lowest BCUT2D eigenvalue weighted by Crippen LogP contribution is -2.41. The molecule has 0 amide bonds. The Bertz CT molecular complexity index is 939. The van der Waals surface area contributed by atoms with Crippen molar-refractivity contribution in [1.82, 2.24) is 19.7 Å². The minimum Gasteiger partial charge on any atom is -0.207 e. The normalized spacial score (nSPS) is 13.0. The van der Waals surface area contributed by atoms with Crippen LogP contribution in [0.3, 0.4) is 0 Å². The summed E-state index contributed by atoms with van der Waals surface area (Å²) in [7, 11) is -3.66. The van der Waals surface area contributed by atoms with E-state index in [1.54, 1.807) is 30.6 Å². The number of hydrogen-bond acceptors (Lipinski definition) is 4. The van der Waals surface area contributed by atoms with Gasteiger partial charge in [-0.05, 0) is 29.2 Å². The van der Waals surface area contributed by atoms with Crippen LogP contribution in [0.2, 0.25) is 0 Å². The van der Waals surface area contributed by atoms with Crippen molar-refractivity contribution < 1.29 is 8.42 Å². The largest absolute Gasteiger partial charge is 0.240 e. The molecule has 0 aliphatic rings. The molecule has 0 aliphatic heterocycles. The maximum atomic E-state index is 12.9. The van der Waals surface area contributed by atoms with E-state index in [2.05, 4.69) is 14.9 Å². The highest BCUT2D eigenvalue weighted by atomic mass is 32.2. The van der Waals surface area contributed by atoms with E-state index in [9.17, 15) is 8.42 Å². The van der Waals surface area contributed by atoms with Crippen LogP contribution in [0.15, 0.2) is 71.9 Å². The van der Waals surface area contributed by atoms with E-state index in [1.165, 1.54) is 4.80 Å². The molecule has 7 heteroatoms. The summed E-state index contributed by atoms with van der Waals surface area (Å²) in [6.07, 6.45) is 3.16. The van der Waals surface area contributed by atoms with Gasteiger partial charge in [0.05, 0.1) is 23.8 Å². The van der Waals surface area contributed by atoms with Gasteiger partial charge >= 0.3 is 0 Å². The van der Waals surface area contributed by atoms with Crippen molar-refractivity contribution in [1.29, 1.82) is 0 Å². The Hall–Kier alpha value is -2.51. The summed E-state index contributed by atoms with van der Waals surface area (Å²) in [5.41, 5.74) is 1.84. The van der Waals surface area contributed by atoms with Crippen molar-refractivity contribution in [2.24, 2.45) is 5.92 Å². The van der Waals surface area contributed by atoms with E-state index >= 15 is 0 Å². The van der Waals surface area contributed by atoms with Gasteiger partial charge < -0.3 is 0 Å². The zero-order valence-corrected chi connectivity index (χ0v) is 15.6. The summed E-state index contributed by atoms with van der Waals surface area (Å²) in [5, 5.41) is 8.13. The Labute approximate surface area is 153 Å². The van der Waals surface area contributed by atoms with E-state index < -0.39 is 10.0 Å². The van der Waals surface area contributed by atoms with Gasteiger partial charge in [-0.1, -0.05) is 56.3 Å². The highest BCUT2D eigenvalue weighted by molar-refractivity contribution is 7.89. The van der Waals surface area contributed by atoms with E-state index in [-0.39, 0.29) is 16.9 Å². The van der Waals surface area contributed by atoms with Crippen LogP contribution < -0.4 is 4.72 Å². The number of aromatic nitrogens is 3. The second-order valence-corrected chi connectivity index (χ2v) is 8.16. The molecule has 6 nitrogen and oxygen atoms in total. The molecular weight excluding hydrogens is 348 g/mol. The number of nitrogens with zero attached hydrogens (tertiary/aromatic N) is 3. The van der Waals surface area contributed by atoms with Crippen LogP contribution in [0.25, 0.3) is 11.1 Å². The van der Waals surface area contributed by atoms with Gasteiger partial charge in [-0.2, -0.15) is 15.0 Å². The van der Waals surface area contributed by atoms with Gasteiger partial charge in [0.25, 0.3) is 0 Å². The van der Waals surface area contributed by atoms with E-state index in [0.29, 0.717) is 6.54 Å². The van der Waals surface area contributed by atoms with Crippen molar-refractivity contribution in [3.63, 3.8) is 0 Å². The Morgan fingerprint density at radius 3 is 2.27 bits per heavy atom. The summed E-state index contributed by atoms with van der Waals surface area (Å²) < 4.78 is 28.6. The molecule has 26 heavy (non-hydrogen) atoms.